The van der Waals surface area contributed by atoms with E-state index in [-0.39, 0.29) is 5.84 Å². The number of nitrogens with zero attached hydrogens (tertiary/aromatic N) is 1. The van der Waals surface area contributed by atoms with Gasteiger partial charge in [-0.25, -0.2) is 0 Å². The summed E-state index contributed by atoms with van der Waals surface area (Å²) in [7, 11) is 1.61. The van der Waals surface area contributed by atoms with Gasteiger partial charge in [0.1, 0.15) is 5.75 Å². The van der Waals surface area contributed by atoms with Crippen LogP contribution in [0, 0.1) is 5.92 Å². The molecule has 98 valence electrons. The molecule has 0 bridgehead atoms. The number of amidine groups is 1. The first-order chi connectivity index (χ1) is 8.74. The summed E-state index contributed by atoms with van der Waals surface area (Å²) < 4.78 is 10.9. The molecule has 0 aliphatic heterocycles. The maximum atomic E-state index is 8.66. The van der Waals surface area contributed by atoms with E-state index >= 15 is 0 Å². The van der Waals surface area contributed by atoms with Gasteiger partial charge in [-0.05, 0) is 37.0 Å². The van der Waals surface area contributed by atoms with Crippen molar-refractivity contribution in [3.63, 3.8) is 0 Å². The number of benzene rings is 1. The summed E-state index contributed by atoms with van der Waals surface area (Å²) in [4.78, 5) is 0. The summed E-state index contributed by atoms with van der Waals surface area (Å²) in [5.41, 5.74) is 7.12. The van der Waals surface area contributed by atoms with Gasteiger partial charge in [0.2, 0.25) is 0 Å². The minimum Gasteiger partial charge on any atom is -0.496 e. The number of hydrogen-bond acceptors (Lipinski definition) is 4. The third-order valence-electron chi connectivity index (χ3n) is 2.99. The van der Waals surface area contributed by atoms with E-state index in [2.05, 4.69) is 5.16 Å². The number of methoxy groups -OCH3 is 1. The fourth-order valence-corrected chi connectivity index (χ4v) is 1.73. The monoisotopic (exact) mass is 250 g/mol. The largest absolute Gasteiger partial charge is 0.496 e. The smallest absolute Gasteiger partial charge is 0.170 e. The van der Waals surface area contributed by atoms with Crippen LogP contribution in [0.4, 0.5) is 0 Å². The third-order valence-corrected chi connectivity index (χ3v) is 2.99. The van der Waals surface area contributed by atoms with E-state index in [1.165, 1.54) is 12.8 Å². The molecule has 0 amide bonds. The lowest BCUT2D eigenvalue weighted by molar-refractivity contribution is 0.109. The van der Waals surface area contributed by atoms with Gasteiger partial charge >= 0.3 is 0 Å². The summed E-state index contributed by atoms with van der Waals surface area (Å²) in [6.45, 7) is 1.27. The lowest BCUT2D eigenvalue weighted by Crippen LogP contribution is -2.13. The highest BCUT2D eigenvalue weighted by Crippen LogP contribution is 2.29. The number of oxime groups is 1. The van der Waals surface area contributed by atoms with E-state index in [1.807, 2.05) is 6.07 Å². The Bertz CT molecular complexity index is 442. The zero-order valence-electron chi connectivity index (χ0n) is 10.4. The van der Waals surface area contributed by atoms with Gasteiger partial charge in [0.15, 0.2) is 5.84 Å². The average molecular weight is 250 g/mol. The molecule has 0 atom stereocenters. The molecule has 1 aromatic carbocycles. The molecule has 3 N–H and O–H groups in total. The van der Waals surface area contributed by atoms with Crippen LogP contribution in [0.5, 0.6) is 5.75 Å². The SMILES string of the molecule is COc1ccc(/C(N)=N/O)cc1COCC1CC1. The quantitative estimate of drug-likeness (QED) is 0.349. The van der Waals surface area contributed by atoms with Crippen molar-refractivity contribution in [3.05, 3.63) is 29.3 Å². The predicted octanol–water partition coefficient (Wildman–Crippen LogP) is 1.72. The Hall–Kier alpha value is -1.75. The molecule has 1 saturated carbocycles. The van der Waals surface area contributed by atoms with Crippen LogP contribution in [0.15, 0.2) is 23.4 Å². The van der Waals surface area contributed by atoms with E-state index in [4.69, 9.17) is 20.4 Å². The van der Waals surface area contributed by atoms with Crippen LogP contribution in [0.3, 0.4) is 0 Å². The molecule has 0 spiro atoms. The first-order valence-electron chi connectivity index (χ1n) is 5.97. The van der Waals surface area contributed by atoms with Crippen LogP contribution >= 0.6 is 0 Å². The van der Waals surface area contributed by atoms with Gasteiger partial charge in [0.25, 0.3) is 0 Å². The van der Waals surface area contributed by atoms with Crippen molar-refractivity contribution < 1.29 is 14.7 Å². The van der Waals surface area contributed by atoms with Crippen LogP contribution in [0.1, 0.15) is 24.0 Å². The molecule has 1 aromatic rings. The molecule has 0 saturated heterocycles. The molecule has 18 heavy (non-hydrogen) atoms. The number of ether oxygens (including phenoxy) is 2. The minimum absolute atomic E-state index is 0.0843. The van der Waals surface area contributed by atoms with E-state index in [0.29, 0.717) is 12.2 Å². The second-order valence-electron chi connectivity index (χ2n) is 4.47. The number of rotatable bonds is 6. The molecular weight excluding hydrogens is 232 g/mol. The summed E-state index contributed by atoms with van der Waals surface area (Å²) in [5, 5.41) is 11.6. The molecule has 1 aliphatic carbocycles. The zero-order chi connectivity index (χ0) is 13.0. The Kier molecular flexibility index (Phi) is 4.04. The van der Waals surface area contributed by atoms with E-state index in [9.17, 15) is 0 Å². The zero-order valence-corrected chi connectivity index (χ0v) is 10.4. The standard InChI is InChI=1S/C13H18N2O3/c1-17-12-5-4-10(13(14)15-16)6-11(12)8-18-7-9-2-3-9/h4-6,9,16H,2-3,7-8H2,1H3,(H2,14,15). The van der Waals surface area contributed by atoms with E-state index < -0.39 is 0 Å². The van der Waals surface area contributed by atoms with E-state index in [1.54, 1.807) is 19.2 Å². The molecule has 5 nitrogen and oxygen atoms in total. The second-order valence-corrected chi connectivity index (χ2v) is 4.47. The van der Waals surface area contributed by atoms with Crippen molar-refractivity contribution >= 4 is 5.84 Å². The Balaban J connectivity index is 2.07. The van der Waals surface area contributed by atoms with Gasteiger partial charge in [-0.15, -0.1) is 0 Å². The molecule has 0 aromatic heterocycles. The van der Waals surface area contributed by atoms with Crippen LogP contribution in [-0.2, 0) is 11.3 Å². The molecule has 0 unspecified atom stereocenters. The van der Waals surface area contributed by atoms with Crippen LogP contribution in [-0.4, -0.2) is 24.8 Å². The predicted molar refractivity (Wildman–Crippen MR) is 67.9 cm³/mol. The number of nitrogens with two attached hydrogens (primary N) is 1. The summed E-state index contributed by atoms with van der Waals surface area (Å²) in [5.74, 6) is 1.56. The molecule has 5 heteroatoms. The molecule has 1 fully saturated rings. The highest BCUT2D eigenvalue weighted by molar-refractivity contribution is 5.97. The molecule has 0 heterocycles. The first kappa shape index (κ1) is 12.7. The molecule has 2 rings (SSSR count). The third kappa shape index (κ3) is 3.13. The van der Waals surface area contributed by atoms with Crippen molar-refractivity contribution in [1.29, 1.82) is 0 Å². The van der Waals surface area contributed by atoms with Gasteiger partial charge in [0.05, 0.1) is 13.7 Å². The van der Waals surface area contributed by atoms with Crippen molar-refractivity contribution in [2.45, 2.75) is 19.4 Å². The highest BCUT2D eigenvalue weighted by atomic mass is 16.5. The highest BCUT2D eigenvalue weighted by Gasteiger charge is 2.21. The van der Waals surface area contributed by atoms with Gasteiger partial charge < -0.3 is 20.4 Å². The summed E-state index contributed by atoms with van der Waals surface area (Å²) in [6.07, 6.45) is 2.53. The topological polar surface area (TPSA) is 77.1 Å². The van der Waals surface area contributed by atoms with Crippen molar-refractivity contribution in [2.75, 3.05) is 13.7 Å². The first-order valence-corrected chi connectivity index (χ1v) is 5.97. The van der Waals surface area contributed by atoms with Gasteiger partial charge in [-0.2, -0.15) is 0 Å². The van der Waals surface area contributed by atoms with Crippen molar-refractivity contribution in [3.8, 4) is 5.75 Å². The fourth-order valence-electron chi connectivity index (χ4n) is 1.73. The summed E-state index contributed by atoms with van der Waals surface area (Å²) in [6, 6.07) is 5.36. The van der Waals surface area contributed by atoms with Gasteiger partial charge in [-0.3, -0.25) is 0 Å². The van der Waals surface area contributed by atoms with Crippen LogP contribution < -0.4 is 10.5 Å². The Morgan fingerprint density at radius 3 is 2.89 bits per heavy atom. The van der Waals surface area contributed by atoms with Gasteiger partial charge in [0, 0.05) is 17.7 Å². The average Bonchev–Trinajstić information content (AvgIpc) is 3.22. The Labute approximate surface area is 106 Å². The van der Waals surface area contributed by atoms with Crippen molar-refractivity contribution in [1.82, 2.24) is 0 Å². The minimum atomic E-state index is 0.0843. The maximum Gasteiger partial charge on any atom is 0.170 e. The molecule has 1 aliphatic rings. The lowest BCUT2D eigenvalue weighted by atomic mass is 10.1. The fraction of sp³-hybridized carbons (Fsp3) is 0.462. The Morgan fingerprint density at radius 2 is 2.28 bits per heavy atom. The van der Waals surface area contributed by atoms with Crippen molar-refractivity contribution in [2.24, 2.45) is 16.8 Å². The lowest BCUT2D eigenvalue weighted by Gasteiger charge is -2.10. The second kappa shape index (κ2) is 5.73. The number of hydrogen-bond donors (Lipinski definition) is 2. The maximum absolute atomic E-state index is 8.66. The Morgan fingerprint density at radius 1 is 1.50 bits per heavy atom. The summed E-state index contributed by atoms with van der Waals surface area (Å²) >= 11 is 0. The van der Waals surface area contributed by atoms with E-state index in [0.717, 1.165) is 23.8 Å². The molecular formula is C13H18N2O3. The van der Waals surface area contributed by atoms with Crippen LogP contribution in [0.2, 0.25) is 0 Å². The van der Waals surface area contributed by atoms with Crippen LogP contribution in [0.25, 0.3) is 0 Å². The molecule has 0 radical (unpaired) electrons. The normalized spacial score (nSPS) is 15.7. The van der Waals surface area contributed by atoms with Gasteiger partial charge in [-0.1, -0.05) is 5.16 Å².